The lowest BCUT2D eigenvalue weighted by atomic mass is 10.2. The second-order valence-corrected chi connectivity index (χ2v) is 5.67. The van der Waals surface area contributed by atoms with E-state index < -0.39 is 5.97 Å². The van der Waals surface area contributed by atoms with Crippen LogP contribution in [0.15, 0.2) is 36.0 Å². The normalized spacial score (nSPS) is 21.0. The predicted molar refractivity (Wildman–Crippen MR) is 87.3 cm³/mol. The molecule has 7 heteroatoms. The van der Waals surface area contributed by atoms with Gasteiger partial charge in [0.2, 0.25) is 0 Å². The van der Waals surface area contributed by atoms with Gasteiger partial charge in [0.15, 0.2) is 0 Å². The summed E-state index contributed by atoms with van der Waals surface area (Å²) in [7, 11) is 0. The molecule has 1 fully saturated rings. The number of aromatic carboxylic acids is 1. The molecule has 1 amide bonds. The van der Waals surface area contributed by atoms with Gasteiger partial charge in [-0.15, -0.1) is 0 Å². The highest BCUT2D eigenvalue weighted by molar-refractivity contribution is 5.97. The van der Waals surface area contributed by atoms with Crippen molar-refractivity contribution in [3.05, 3.63) is 41.6 Å². The quantitative estimate of drug-likeness (QED) is 0.645. The predicted octanol–water partition coefficient (Wildman–Crippen LogP) is 1.84. The van der Waals surface area contributed by atoms with Crippen LogP contribution in [0.3, 0.4) is 0 Å². The summed E-state index contributed by atoms with van der Waals surface area (Å²) < 4.78 is 5.58. The first kappa shape index (κ1) is 17.5. The van der Waals surface area contributed by atoms with Gasteiger partial charge in [0.25, 0.3) is 5.91 Å². The third-order valence-electron chi connectivity index (χ3n) is 3.55. The highest BCUT2D eigenvalue weighted by Crippen LogP contribution is 2.15. The summed E-state index contributed by atoms with van der Waals surface area (Å²) in [5.74, 6) is -1.42. The number of hydrogen-bond acceptors (Lipinski definition) is 5. The molecule has 1 aliphatic heterocycles. The zero-order valence-corrected chi connectivity index (χ0v) is 13.5. The van der Waals surface area contributed by atoms with E-state index in [0.29, 0.717) is 18.8 Å². The number of rotatable bonds is 4. The van der Waals surface area contributed by atoms with Crippen LogP contribution < -0.4 is 5.32 Å². The molecule has 7 nitrogen and oxygen atoms in total. The number of anilines is 1. The molecule has 0 radical (unpaired) electrons. The van der Waals surface area contributed by atoms with Crippen molar-refractivity contribution in [1.82, 2.24) is 4.90 Å². The van der Waals surface area contributed by atoms with Crippen LogP contribution in [0.2, 0.25) is 0 Å². The monoisotopic (exact) mass is 329 g/mol. The molecule has 0 bridgehead atoms. The molecule has 2 rings (SSSR count). The van der Waals surface area contributed by atoms with Crippen molar-refractivity contribution in [3.63, 3.8) is 0 Å². The Kier molecular flexibility index (Phi) is 5.55. The molecule has 24 heavy (non-hydrogen) atoms. The van der Waals surface area contributed by atoms with Gasteiger partial charge in [0.05, 0.1) is 17.8 Å². The third kappa shape index (κ3) is 4.33. The number of benzene rings is 1. The maximum absolute atomic E-state index is 12.5. The minimum atomic E-state index is -1.05. The number of nitriles is 1. The van der Waals surface area contributed by atoms with Gasteiger partial charge in [-0.1, -0.05) is 6.07 Å². The number of nitrogens with zero attached hydrogens (tertiary/aromatic N) is 2. The van der Waals surface area contributed by atoms with E-state index in [2.05, 4.69) is 5.32 Å². The molecule has 0 spiro atoms. The second kappa shape index (κ2) is 7.62. The lowest BCUT2D eigenvalue weighted by molar-refractivity contribution is -0.138. The fourth-order valence-corrected chi connectivity index (χ4v) is 2.55. The number of nitrogens with one attached hydrogen (secondary N) is 1. The SMILES string of the molecule is CC1CN(C(=O)/C(C#N)=C\Nc2cccc(C(=O)O)c2)CC(C)O1. The van der Waals surface area contributed by atoms with Crippen molar-refractivity contribution >= 4 is 17.6 Å². The van der Waals surface area contributed by atoms with Crippen molar-refractivity contribution in [2.45, 2.75) is 26.1 Å². The molecule has 1 heterocycles. The second-order valence-electron chi connectivity index (χ2n) is 5.67. The molecule has 0 aliphatic carbocycles. The summed E-state index contributed by atoms with van der Waals surface area (Å²) in [6.07, 6.45) is 1.13. The summed E-state index contributed by atoms with van der Waals surface area (Å²) in [6.45, 7) is 4.61. The Morgan fingerprint density at radius 1 is 1.38 bits per heavy atom. The molecule has 2 unspecified atom stereocenters. The Labute approximate surface area is 140 Å². The number of carboxylic acids is 1. The average Bonchev–Trinajstić information content (AvgIpc) is 2.54. The maximum atomic E-state index is 12.5. The van der Waals surface area contributed by atoms with Crippen LogP contribution in [0.25, 0.3) is 0 Å². The van der Waals surface area contributed by atoms with E-state index in [4.69, 9.17) is 9.84 Å². The van der Waals surface area contributed by atoms with Crippen LogP contribution in [-0.2, 0) is 9.53 Å². The van der Waals surface area contributed by atoms with Crippen LogP contribution in [0, 0.1) is 11.3 Å². The molecule has 2 N–H and O–H groups in total. The molecule has 1 aliphatic rings. The van der Waals surface area contributed by atoms with Gasteiger partial charge >= 0.3 is 5.97 Å². The molecule has 126 valence electrons. The van der Waals surface area contributed by atoms with Gasteiger partial charge in [0.1, 0.15) is 11.6 Å². The summed E-state index contributed by atoms with van der Waals surface area (Å²) >= 11 is 0. The lowest BCUT2D eigenvalue weighted by Gasteiger charge is -2.35. The minimum Gasteiger partial charge on any atom is -0.478 e. The molecule has 1 aromatic carbocycles. The minimum absolute atomic E-state index is 0.0444. The van der Waals surface area contributed by atoms with E-state index >= 15 is 0 Å². The van der Waals surface area contributed by atoms with Gasteiger partial charge in [-0.2, -0.15) is 5.26 Å². The summed E-state index contributed by atoms with van der Waals surface area (Å²) in [5.41, 5.74) is 0.560. The zero-order valence-electron chi connectivity index (χ0n) is 13.5. The number of carboxylic acid groups (broad SMARTS) is 1. The van der Waals surface area contributed by atoms with Gasteiger partial charge < -0.3 is 20.1 Å². The third-order valence-corrected chi connectivity index (χ3v) is 3.55. The first-order chi connectivity index (χ1) is 11.4. The molecular weight excluding hydrogens is 310 g/mol. The largest absolute Gasteiger partial charge is 0.478 e. The van der Waals surface area contributed by atoms with Crippen molar-refractivity contribution in [3.8, 4) is 6.07 Å². The van der Waals surface area contributed by atoms with Crippen molar-refractivity contribution in [2.24, 2.45) is 0 Å². The fraction of sp³-hybridized carbons (Fsp3) is 0.353. The molecule has 2 atom stereocenters. The average molecular weight is 329 g/mol. The Morgan fingerprint density at radius 3 is 2.62 bits per heavy atom. The van der Waals surface area contributed by atoms with Gasteiger partial charge in [0, 0.05) is 25.0 Å². The van der Waals surface area contributed by atoms with Crippen LogP contribution in [-0.4, -0.2) is 47.2 Å². The van der Waals surface area contributed by atoms with E-state index in [1.54, 1.807) is 17.0 Å². The molecular formula is C17H19N3O4. The standard InChI is InChI=1S/C17H19N3O4/c1-11-9-20(10-12(2)24-11)16(21)14(7-18)8-19-15-5-3-4-13(6-15)17(22)23/h3-6,8,11-12,19H,9-10H2,1-2H3,(H,22,23)/b14-8-. The Morgan fingerprint density at radius 2 is 2.04 bits per heavy atom. The first-order valence-electron chi connectivity index (χ1n) is 7.55. The summed E-state index contributed by atoms with van der Waals surface area (Å²) in [6, 6.07) is 8.01. The Bertz CT molecular complexity index is 698. The highest BCUT2D eigenvalue weighted by atomic mass is 16.5. The highest BCUT2D eigenvalue weighted by Gasteiger charge is 2.27. The van der Waals surface area contributed by atoms with E-state index in [0.717, 1.165) is 0 Å². The smallest absolute Gasteiger partial charge is 0.335 e. The molecule has 0 aromatic heterocycles. The van der Waals surface area contributed by atoms with E-state index in [1.807, 2.05) is 19.9 Å². The van der Waals surface area contributed by atoms with Crippen LogP contribution in [0.5, 0.6) is 0 Å². The molecule has 1 saturated heterocycles. The van der Waals surface area contributed by atoms with E-state index in [-0.39, 0.29) is 29.3 Å². The first-order valence-corrected chi connectivity index (χ1v) is 7.55. The lowest BCUT2D eigenvalue weighted by Crippen LogP contribution is -2.48. The van der Waals surface area contributed by atoms with Crippen molar-refractivity contribution < 1.29 is 19.4 Å². The Balaban J connectivity index is 2.11. The van der Waals surface area contributed by atoms with Crippen LogP contribution in [0.1, 0.15) is 24.2 Å². The van der Waals surface area contributed by atoms with Gasteiger partial charge in [-0.3, -0.25) is 4.79 Å². The van der Waals surface area contributed by atoms with Crippen LogP contribution in [0.4, 0.5) is 5.69 Å². The van der Waals surface area contributed by atoms with Gasteiger partial charge in [-0.25, -0.2) is 4.79 Å². The fourth-order valence-electron chi connectivity index (χ4n) is 2.55. The van der Waals surface area contributed by atoms with Gasteiger partial charge in [-0.05, 0) is 32.0 Å². The van der Waals surface area contributed by atoms with Crippen molar-refractivity contribution in [1.29, 1.82) is 5.26 Å². The number of carbonyl (C=O) groups is 2. The zero-order chi connectivity index (χ0) is 17.7. The number of amides is 1. The molecule has 1 aromatic rings. The number of hydrogen-bond donors (Lipinski definition) is 2. The van der Waals surface area contributed by atoms with Crippen molar-refractivity contribution in [2.75, 3.05) is 18.4 Å². The maximum Gasteiger partial charge on any atom is 0.335 e. The number of ether oxygens (including phenoxy) is 1. The van der Waals surface area contributed by atoms with E-state index in [9.17, 15) is 14.9 Å². The Hall–Kier alpha value is -2.85. The number of morpholine rings is 1. The summed E-state index contributed by atoms with van der Waals surface area (Å²) in [5, 5.41) is 21.0. The number of carbonyl (C=O) groups excluding carboxylic acids is 1. The summed E-state index contributed by atoms with van der Waals surface area (Å²) in [4.78, 5) is 25.0. The van der Waals surface area contributed by atoms with E-state index in [1.165, 1.54) is 18.3 Å². The topological polar surface area (TPSA) is 103 Å². The van der Waals surface area contributed by atoms with Crippen LogP contribution >= 0.6 is 0 Å². The molecule has 0 saturated carbocycles.